The lowest BCUT2D eigenvalue weighted by molar-refractivity contribution is -0.113. The van der Waals surface area contributed by atoms with Crippen LogP contribution >= 0.6 is 11.8 Å². The van der Waals surface area contributed by atoms with Gasteiger partial charge in [0.2, 0.25) is 5.91 Å². The maximum atomic E-state index is 12.3. The standard InChI is InChI=1S/C20H24N4O2S/c1-4-5-10-24-19(17-7-6-11-26-17)22-23-20(24)27-13-18(25)21-16-9-8-14(2)15(3)12-16/h6-9,11-12H,4-5,10,13H2,1-3H3,(H,21,25). The summed E-state index contributed by atoms with van der Waals surface area (Å²) in [5.74, 6) is 1.60. The van der Waals surface area contributed by atoms with Gasteiger partial charge in [-0.05, 0) is 55.7 Å². The van der Waals surface area contributed by atoms with Crippen molar-refractivity contribution in [3.8, 4) is 11.6 Å². The zero-order valence-corrected chi connectivity index (χ0v) is 16.7. The van der Waals surface area contributed by atoms with Crippen LogP contribution in [-0.2, 0) is 11.3 Å². The summed E-state index contributed by atoms with van der Waals surface area (Å²) in [5.41, 5.74) is 3.17. The predicted octanol–water partition coefficient (Wildman–Crippen LogP) is 4.69. The van der Waals surface area contributed by atoms with E-state index >= 15 is 0 Å². The largest absolute Gasteiger partial charge is 0.461 e. The highest BCUT2D eigenvalue weighted by Gasteiger charge is 2.17. The van der Waals surface area contributed by atoms with Gasteiger partial charge in [-0.25, -0.2) is 0 Å². The summed E-state index contributed by atoms with van der Waals surface area (Å²) in [4.78, 5) is 12.3. The SMILES string of the molecule is CCCCn1c(SCC(=O)Nc2ccc(C)c(C)c2)nnc1-c1ccco1. The minimum atomic E-state index is -0.0622. The molecule has 1 aromatic carbocycles. The number of anilines is 1. The number of hydrogen-bond donors (Lipinski definition) is 1. The van der Waals surface area contributed by atoms with Crippen LogP contribution in [0.2, 0.25) is 0 Å². The Morgan fingerprint density at radius 1 is 1.22 bits per heavy atom. The third-order valence-electron chi connectivity index (χ3n) is 4.32. The third-order valence-corrected chi connectivity index (χ3v) is 5.28. The lowest BCUT2D eigenvalue weighted by Gasteiger charge is -2.09. The zero-order chi connectivity index (χ0) is 19.2. The van der Waals surface area contributed by atoms with E-state index in [-0.39, 0.29) is 11.7 Å². The maximum absolute atomic E-state index is 12.3. The average Bonchev–Trinajstić information content (AvgIpc) is 3.30. The molecule has 0 saturated heterocycles. The van der Waals surface area contributed by atoms with Crippen molar-refractivity contribution in [2.24, 2.45) is 0 Å². The first kappa shape index (κ1) is 19.2. The Labute approximate surface area is 163 Å². The number of aromatic nitrogens is 3. The molecule has 3 rings (SSSR count). The molecule has 0 unspecified atom stereocenters. The number of amides is 1. The van der Waals surface area contributed by atoms with Crippen LogP contribution in [0.15, 0.2) is 46.2 Å². The molecule has 0 aliphatic rings. The van der Waals surface area contributed by atoms with Crippen LogP contribution < -0.4 is 5.32 Å². The Kier molecular flexibility index (Phi) is 6.34. The number of nitrogens with one attached hydrogen (secondary N) is 1. The van der Waals surface area contributed by atoms with Gasteiger partial charge in [0.15, 0.2) is 16.7 Å². The number of carbonyl (C=O) groups excluding carboxylic acids is 1. The highest BCUT2D eigenvalue weighted by Crippen LogP contribution is 2.25. The molecule has 0 bridgehead atoms. The Bertz CT molecular complexity index is 903. The Morgan fingerprint density at radius 3 is 2.78 bits per heavy atom. The lowest BCUT2D eigenvalue weighted by Crippen LogP contribution is -2.15. The number of furan rings is 1. The van der Waals surface area contributed by atoms with Crippen LogP contribution in [-0.4, -0.2) is 26.4 Å². The number of rotatable bonds is 8. The molecule has 0 fully saturated rings. The fourth-order valence-electron chi connectivity index (χ4n) is 2.65. The van der Waals surface area contributed by atoms with Crippen LogP contribution in [0, 0.1) is 13.8 Å². The molecule has 0 aliphatic heterocycles. The molecule has 0 aliphatic carbocycles. The van der Waals surface area contributed by atoms with E-state index in [9.17, 15) is 4.79 Å². The minimum Gasteiger partial charge on any atom is -0.461 e. The number of benzene rings is 1. The normalized spacial score (nSPS) is 10.9. The molecule has 0 atom stereocenters. The molecule has 2 aromatic heterocycles. The van der Waals surface area contributed by atoms with Crippen molar-refractivity contribution < 1.29 is 9.21 Å². The van der Waals surface area contributed by atoms with Gasteiger partial charge >= 0.3 is 0 Å². The summed E-state index contributed by atoms with van der Waals surface area (Å²) >= 11 is 1.39. The van der Waals surface area contributed by atoms with Crippen molar-refractivity contribution >= 4 is 23.4 Å². The topological polar surface area (TPSA) is 73.0 Å². The van der Waals surface area contributed by atoms with E-state index in [2.05, 4.69) is 29.4 Å². The molecule has 1 amide bonds. The molecule has 0 spiro atoms. The van der Waals surface area contributed by atoms with Gasteiger partial charge < -0.3 is 9.73 Å². The summed E-state index contributed by atoms with van der Waals surface area (Å²) < 4.78 is 7.49. The summed E-state index contributed by atoms with van der Waals surface area (Å²) in [5, 5.41) is 12.2. The van der Waals surface area contributed by atoms with E-state index in [0.29, 0.717) is 11.6 Å². The van der Waals surface area contributed by atoms with Crippen LogP contribution in [0.1, 0.15) is 30.9 Å². The first-order chi connectivity index (χ1) is 13.1. The van der Waals surface area contributed by atoms with Crippen LogP contribution in [0.5, 0.6) is 0 Å². The number of aryl methyl sites for hydroxylation is 2. The number of hydrogen-bond acceptors (Lipinski definition) is 5. The highest BCUT2D eigenvalue weighted by molar-refractivity contribution is 7.99. The number of carbonyl (C=O) groups is 1. The molecule has 1 N–H and O–H groups in total. The van der Waals surface area contributed by atoms with E-state index in [1.165, 1.54) is 17.3 Å². The molecule has 2 heterocycles. The molecule has 27 heavy (non-hydrogen) atoms. The first-order valence-electron chi connectivity index (χ1n) is 9.05. The summed E-state index contributed by atoms with van der Waals surface area (Å²) in [6.07, 6.45) is 3.69. The second-order valence-electron chi connectivity index (χ2n) is 6.42. The fraction of sp³-hybridized carbons (Fsp3) is 0.350. The molecule has 0 saturated carbocycles. The van der Waals surface area contributed by atoms with Crippen LogP contribution in [0.3, 0.4) is 0 Å². The molecule has 3 aromatic rings. The van der Waals surface area contributed by atoms with Gasteiger partial charge in [-0.1, -0.05) is 31.2 Å². The van der Waals surface area contributed by atoms with Crippen molar-refractivity contribution in [2.75, 3.05) is 11.1 Å². The van der Waals surface area contributed by atoms with Crippen molar-refractivity contribution in [3.05, 3.63) is 47.7 Å². The first-order valence-corrected chi connectivity index (χ1v) is 10.0. The number of thioether (sulfide) groups is 1. The molecule has 0 radical (unpaired) electrons. The maximum Gasteiger partial charge on any atom is 0.234 e. The summed E-state index contributed by atoms with van der Waals surface area (Å²) in [7, 11) is 0. The molecule has 142 valence electrons. The Morgan fingerprint density at radius 2 is 2.07 bits per heavy atom. The molecule has 7 heteroatoms. The van der Waals surface area contributed by atoms with E-state index in [1.54, 1.807) is 6.26 Å². The van der Waals surface area contributed by atoms with Crippen molar-refractivity contribution in [1.82, 2.24) is 14.8 Å². The average molecular weight is 385 g/mol. The fourth-order valence-corrected chi connectivity index (χ4v) is 3.41. The van der Waals surface area contributed by atoms with Gasteiger partial charge in [0.05, 0.1) is 12.0 Å². The van der Waals surface area contributed by atoms with Crippen LogP contribution in [0.25, 0.3) is 11.6 Å². The van der Waals surface area contributed by atoms with E-state index in [1.807, 2.05) is 41.8 Å². The van der Waals surface area contributed by atoms with Gasteiger partial charge in [-0.3, -0.25) is 9.36 Å². The third kappa shape index (κ3) is 4.80. The number of unbranched alkanes of at least 4 members (excludes halogenated alkanes) is 1. The summed E-state index contributed by atoms with van der Waals surface area (Å²) in [6.45, 7) is 7.02. The van der Waals surface area contributed by atoms with Crippen molar-refractivity contribution in [1.29, 1.82) is 0 Å². The summed E-state index contributed by atoms with van der Waals surface area (Å²) in [6, 6.07) is 9.61. The van der Waals surface area contributed by atoms with Gasteiger partial charge in [-0.15, -0.1) is 10.2 Å². The lowest BCUT2D eigenvalue weighted by atomic mass is 10.1. The predicted molar refractivity (Wildman–Crippen MR) is 108 cm³/mol. The monoisotopic (exact) mass is 384 g/mol. The van der Waals surface area contributed by atoms with E-state index < -0.39 is 0 Å². The van der Waals surface area contributed by atoms with Crippen molar-refractivity contribution in [3.63, 3.8) is 0 Å². The van der Waals surface area contributed by atoms with E-state index in [0.717, 1.165) is 35.8 Å². The second-order valence-corrected chi connectivity index (χ2v) is 7.37. The number of nitrogens with zero attached hydrogens (tertiary/aromatic N) is 3. The quantitative estimate of drug-likeness (QED) is 0.571. The highest BCUT2D eigenvalue weighted by atomic mass is 32.2. The zero-order valence-electron chi connectivity index (χ0n) is 15.9. The van der Waals surface area contributed by atoms with Crippen molar-refractivity contribution in [2.45, 2.75) is 45.3 Å². The van der Waals surface area contributed by atoms with Gasteiger partial charge in [0.25, 0.3) is 0 Å². The Balaban J connectivity index is 1.67. The van der Waals surface area contributed by atoms with Gasteiger partial charge in [0, 0.05) is 12.2 Å². The van der Waals surface area contributed by atoms with E-state index in [4.69, 9.17) is 4.42 Å². The van der Waals surface area contributed by atoms with Gasteiger partial charge in [0.1, 0.15) is 0 Å². The molecular formula is C20H24N4O2S. The molecular weight excluding hydrogens is 360 g/mol. The smallest absolute Gasteiger partial charge is 0.234 e. The van der Waals surface area contributed by atoms with Crippen LogP contribution in [0.4, 0.5) is 5.69 Å². The molecule has 6 nitrogen and oxygen atoms in total. The Hall–Kier alpha value is -2.54. The second kappa shape index (κ2) is 8.90. The minimum absolute atomic E-state index is 0.0622. The van der Waals surface area contributed by atoms with Gasteiger partial charge in [-0.2, -0.15) is 0 Å².